The summed E-state index contributed by atoms with van der Waals surface area (Å²) >= 11 is 0. The number of nitrogens with one attached hydrogen (secondary N) is 1. The van der Waals surface area contributed by atoms with Crippen LogP contribution in [0.1, 0.15) is 25.5 Å². The van der Waals surface area contributed by atoms with Gasteiger partial charge in [-0.3, -0.25) is 0 Å². The number of benzene rings is 1. The summed E-state index contributed by atoms with van der Waals surface area (Å²) in [6.45, 7) is 4.12. The fraction of sp³-hybridized carbons (Fsp3) is 0.538. The second-order valence-corrected chi connectivity index (χ2v) is 4.01. The van der Waals surface area contributed by atoms with Crippen molar-refractivity contribution < 1.29 is 22.6 Å². The van der Waals surface area contributed by atoms with Crippen molar-refractivity contribution in [2.24, 2.45) is 0 Å². The van der Waals surface area contributed by atoms with Crippen molar-refractivity contribution in [1.82, 2.24) is 5.32 Å². The van der Waals surface area contributed by atoms with Crippen LogP contribution in [0.15, 0.2) is 24.3 Å². The molecule has 0 aliphatic carbocycles. The second-order valence-electron chi connectivity index (χ2n) is 4.01. The molecular weight excluding hydrogens is 259 g/mol. The summed E-state index contributed by atoms with van der Waals surface area (Å²) in [5, 5.41) is 2.96. The molecule has 0 bridgehead atoms. The zero-order chi connectivity index (χ0) is 14.5. The molecule has 1 N–H and O–H groups in total. The van der Waals surface area contributed by atoms with E-state index in [-0.39, 0.29) is 17.9 Å². The molecule has 0 amide bonds. The van der Waals surface area contributed by atoms with E-state index in [1.54, 1.807) is 26.1 Å². The normalized spacial score (nSPS) is 15.1. The van der Waals surface area contributed by atoms with Crippen molar-refractivity contribution >= 4 is 0 Å². The topological polar surface area (TPSA) is 30.5 Å². The van der Waals surface area contributed by atoms with E-state index in [2.05, 4.69) is 10.1 Å². The van der Waals surface area contributed by atoms with Crippen LogP contribution in [0.25, 0.3) is 0 Å². The molecule has 0 aromatic heterocycles. The number of hydrogen-bond donors (Lipinski definition) is 1. The van der Waals surface area contributed by atoms with Gasteiger partial charge in [0.15, 0.2) is 0 Å². The van der Waals surface area contributed by atoms with Gasteiger partial charge in [-0.05, 0) is 27.0 Å². The highest BCUT2D eigenvalue weighted by atomic mass is 19.4. The average Bonchev–Trinajstić information content (AvgIpc) is 2.30. The molecule has 6 heteroatoms. The second kappa shape index (κ2) is 6.77. The molecule has 19 heavy (non-hydrogen) atoms. The van der Waals surface area contributed by atoms with Crippen LogP contribution >= 0.6 is 0 Å². The van der Waals surface area contributed by atoms with Gasteiger partial charge in [-0.25, -0.2) is 0 Å². The van der Waals surface area contributed by atoms with E-state index in [9.17, 15) is 13.2 Å². The van der Waals surface area contributed by atoms with Gasteiger partial charge in [0.2, 0.25) is 0 Å². The molecule has 2 unspecified atom stereocenters. The van der Waals surface area contributed by atoms with Crippen LogP contribution in [0.5, 0.6) is 5.75 Å². The Morgan fingerprint density at radius 1 is 1.26 bits per heavy atom. The van der Waals surface area contributed by atoms with Gasteiger partial charge in [0, 0.05) is 12.2 Å². The van der Waals surface area contributed by atoms with Gasteiger partial charge in [0.1, 0.15) is 5.75 Å². The van der Waals surface area contributed by atoms with Crippen molar-refractivity contribution in [2.75, 3.05) is 13.7 Å². The Labute approximate surface area is 110 Å². The summed E-state index contributed by atoms with van der Waals surface area (Å²) in [6.07, 6.45) is -4.98. The Morgan fingerprint density at radius 2 is 1.89 bits per heavy atom. The molecule has 0 saturated heterocycles. The van der Waals surface area contributed by atoms with E-state index >= 15 is 0 Å². The molecule has 1 aromatic carbocycles. The van der Waals surface area contributed by atoms with Crippen LogP contribution in [-0.4, -0.2) is 26.1 Å². The molecule has 0 fully saturated rings. The molecule has 0 aliphatic rings. The smallest absolute Gasteiger partial charge is 0.405 e. The molecule has 1 aromatic rings. The molecule has 3 nitrogen and oxygen atoms in total. The molecule has 0 aliphatic heterocycles. The minimum atomic E-state index is -4.71. The van der Waals surface area contributed by atoms with Crippen LogP contribution < -0.4 is 10.1 Å². The lowest BCUT2D eigenvalue weighted by molar-refractivity contribution is -0.275. The fourth-order valence-corrected chi connectivity index (χ4v) is 1.96. The van der Waals surface area contributed by atoms with Crippen molar-refractivity contribution in [3.63, 3.8) is 0 Å². The van der Waals surface area contributed by atoms with Gasteiger partial charge in [-0.2, -0.15) is 0 Å². The zero-order valence-electron chi connectivity index (χ0n) is 11.1. The zero-order valence-corrected chi connectivity index (χ0v) is 11.1. The Kier molecular flexibility index (Phi) is 5.62. The number of alkyl halides is 3. The maximum atomic E-state index is 12.4. The maximum absolute atomic E-state index is 12.4. The van der Waals surface area contributed by atoms with Gasteiger partial charge in [-0.1, -0.05) is 18.2 Å². The Hall–Kier alpha value is -1.27. The molecule has 1 rings (SSSR count). The summed E-state index contributed by atoms with van der Waals surface area (Å²) in [7, 11) is 1.67. The number of halogens is 3. The van der Waals surface area contributed by atoms with Crippen LogP contribution in [0, 0.1) is 0 Å². The van der Waals surface area contributed by atoms with Gasteiger partial charge in [0.25, 0.3) is 0 Å². The van der Waals surface area contributed by atoms with E-state index in [4.69, 9.17) is 4.74 Å². The lowest BCUT2D eigenvalue weighted by Gasteiger charge is -2.26. The van der Waals surface area contributed by atoms with Crippen molar-refractivity contribution in [3.8, 4) is 5.75 Å². The number of hydrogen-bond acceptors (Lipinski definition) is 3. The van der Waals surface area contributed by atoms with Crippen molar-refractivity contribution in [2.45, 2.75) is 32.4 Å². The molecular formula is C13H18F3NO2. The predicted octanol–water partition coefficient (Wildman–Crippen LogP) is 3.27. The summed E-state index contributed by atoms with van der Waals surface area (Å²) in [6, 6.07) is 5.69. The standard InChI is InChI=1S/C13H18F3NO2/c1-4-18-9(2)12(17-3)10-7-5-6-8-11(10)19-13(14,15)16/h5-9,12,17H,4H2,1-3H3. The molecule has 108 valence electrons. The quantitative estimate of drug-likeness (QED) is 0.865. The van der Waals surface area contributed by atoms with Crippen LogP contribution in [0.4, 0.5) is 13.2 Å². The lowest BCUT2D eigenvalue weighted by Crippen LogP contribution is -2.30. The number of para-hydroxylation sites is 1. The Morgan fingerprint density at radius 3 is 2.42 bits per heavy atom. The van der Waals surface area contributed by atoms with E-state index in [0.29, 0.717) is 12.2 Å². The van der Waals surface area contributed by atoms with Crippen LogP contribution in [-0.2, 0) is 4.74 Å². The SMILES string of the molecule is CCOC(C)C(NC)c1ccccc1OC(F)(F)F. The summed E-state index contributed by atoms with van der Waals surface area (Å²) in [4.78, 5) is 0. The third-order valence-corrected chi connectivity index (χ3v) is 2.69. The minimum absolute atomic E-state index is 0.207. The fourth-order valence-electron chi connectivity index (χ4n) is 1.96. The first-order chi connectivity index (χ1) is 8.89. The minimum Gasteiger partial charge on any atom is -0.405 e. The van der Waals surface area contributed by atoms with E-state index < -0.39 is 6.36 Å². The van der Waals surface area contributed by atoms with E-state index in [0.717, 1.165) is 0 Å². The summed E-state index contributed by atoms with van der Waals surface area (Å²) < 4.78 is 46.6. The molecule has 2 atom stereocenters. The maximum Gasteiger partial charge on any atom is 0.573 e. The van der Waals surface area contributed by atoms with Crippen LogP contribution in [0.3, 0.4) is 0 Å². The van der Waals surface area contributed by atoms with E-state index in [1.165, 1.54) is 12.1 Å². The van der Waals surface area contributed by atoms with Gasteiger partial charge < -0.3 is 14.8 Å². The van der Waals surface area contributed by atoms with Crippen LogP contribution in [0.2, 0.25) is 0 Å². The molecule has 0 heterocycles. The highest BCUT2D eigenvalue weighted by Gasteiger charge is 2.33. The first-order valence-corrected chi connectivity index (χ1v) is 6.02. The number of ether oxygens (including phenoxy) is 2. The first-order valence-electron chi connectivity index (χ1n) is 6.02. The van der Waals surface area contributed by atoms with E-state index in [1.807, 2.05) is 6.92 Å². The van der Waals surface area contributed by atoms with Crippen molar-refractivity contribution in [1.29, 1.82) is 0 Å². The first kappa shape index (κ1) is 15.8. The predicted molar refractivity (Wildman–Crippen MR) is 66.0 cm³/mol. The number of rotatable bonds is 6. The largest absolute Gasteiger partial charge is 0.573 e. The monoisotopic (exact) mass is 277 g/mol. The Bertz CT molecular complexity index is 396. The summed E-state index contributed by atoms with van der Waals surface area (Å²) in [5.74, 6) is -0.207. The molecule has 0 radical (unpaired) electrons. The van der Waals surface area contributed by atoms with Gasteiger partial charge in [0.05, 0.1) is 12.1 Å². The third kappa shape index (κ3) is 4.72. The van der Waals surface area contributed by atoms with Crippen molar-refractivity contribution in [3.05, 3.63) is 29.8 Å². The van der Waals surface area contributed by atoms with Gasteiger partial charge in [-0.15, -0.1) is 13.2 Å². The Balaban J connectivity index is 3.03. The summed E-state index contributed by atoms with van der Waals surface area (Å²) in [5.41, 5.74) is 0.420. The molecule has 0 spiro atoms. The average molecular weight is 277 g/mol. The number of likely N-dealkylation sites (N-methyl/N-ethyl adjacent to an activating group) is 1. The highest BCUT2D eigenvalue weighted by Crippen LogP contribution is 2.32. The lowest BCUT2D eigenvalue weighted by atomic mass is 10.0. The highest BCUT2D eigenvalue weighted by molar-refractivity contribution is 5.36. The van der Waals surface area contributed by atoms with Gasteiger partial charge >= 0.3 is 6.36 Å². The molecule has 0 saturated carbocycles. The third-order valence-electron chi connectivity index (χ3n) is 2.69.